The summed E-state index contributed by atoms with van der Waals surface area (Å²) in [4.78, 5) is 0. The fourth-order valence-corrected chi connectivity index (χ4v) is 0.949. The second-order valence-corrected chi connectivity index (χ2v) is 3.60. The molecule has 0 heterocycles. The minimum atomic E-state index is 0.317. The second kappa shape index (κ2) is 8.76. The molecule has 1 heteroatoms. The van der Waals surface area contributed by atoms with E-state index in [0.29, 0.717) is 6.04 Å². The summed E-state index contributed by atoms with van der Waals surface area (Å²) in [5, 5.41) is 0. The van der Waals surface area contributed by atoms with Gasteiger partial charge in [0.1, 0.15) is 0 Å². The SMILES string of the molecule is C/C=C(/C)C/C=C\C=C/CC(N)CC. The largest absolute Gasteiger partial charge is 0.327 e. The fraction of sp³-hybridized carbons (Fsp3) is 0.538. The van der Waals surface area contributed by atoms with Gasteiger partial charge < -0.3 is 5.73 Å². The van der Waals surface area contributed by atoms with Crippen molar-refractivity contribution in [3.05, 3.63) is 36.0 Å². The van der Waals surface area contributed by atoms with Gasteiger partial charge in [-0.1, -0.05) is 42.9 Å². The summed E-state index contributed by atoms with van der Waals surface area (Å²) in [5.41, 5.74) is 7.18. The van der Waals surface area contributed by atoms with Gasteiger partial charge in [-0.2, -0.15) is 0 Å². The predicted molar refractivity (Wildman–Crippen MR) is 65.2 cm³/mol. The molecule has 0 rings (SSSR count). The van der Waals surface area contributed by atoms with Crippen LogP contribution in [0.25, 0.3) is 0 Å². The molecule has 0 aromatic rings. The Morgan fingerprint density at radius 2 is 1.93 bits per heavy atom. The number of nitrogens with two attached hydrogens (primary N) is 1. The summed E-state index contributed by atoms with van der Waals surface area (Å²) < 4.78 is 0. The maximum atomic E-state index is 5.77. The normalized spacial score (nSPS) is 15.6. The molecule has 14 heavy (non-hydrogen) atoms. The van der Waals surface area contributed by atoms with E-state index < -0.39 is 0 Å². The molecule has 1 nitrogen and oxygen atoms in total. The molecular weight excluding hydrogens is 170 g/mol. The van der Waals surface area contributed by atoms with Crippen molar-refractivity contribution >= 4 is 0 Å². The summed E-state index contributed by atoms with van der Waals surface area (Å²) in [6.07, 6.45) is 13.7. The van der Waals surface area contributed by atoms with Gasteiger partial charge in [0, 0.05) is 6.04 Å². The Balaban J connectivity index is 3.61. The molecule has 0 aliphatic carbocycles. The lowest BCUT2D eigenvalue weighted by Crippen LogP contribution is -2.16. The first-order chi connectivity index (χ1) is 6.70. The van der Waals surface area contributed by atoms with Crippen LogP contribution in [0.1, 0.15) is 40.0 Å². The van der Waals surface area contributed by atoms with Crippen LogP contribution in [0.4, 0.5) is 0 Å². The Bertz CT molecular complexity index is 211. The van der Waals surface area contributed by atoms with E-state index >= 15 is 0 Å². The summed E-state index contributed by atoms with van der Waals surface area (Å²) in [6.45, 7) is 6.32. The van der Waals surface area contributed by atoms with Gasteiger partial charge in [-0.25, -0.2) is 0 Å². The molecule has 0 aliphatic heterocycles. The standard InChI is InChI=1S/C13H23N/c1-4-12(3)10-8-6-7-9-11-13(14)5-2/h4,6-9,13H,5,10-11,14H2,1-3H3/b8-6-,9-7-,12-4-. The first kappa shape index (κ1) is 13.2. The van der Waals surface area contributed by atoms with E-state index in [0.717, 1.165) is 19.3 Å². The van der Waals surface area contributed by atoms with Crippen LogP contribution in [-0.2, 0) is 0 Å². The number of hydrogen-bond acceptors (Lipinski definition) is 1. The summed E-state index contributed by atoms with van der Waals surface area (Å²) in [7, 11) is 0. The van der Waals surface area contributed by atoms with E-state index in [4.69, 9.17) is 5.73 Å². The Morgan fingerprint density at radius 3 is 2.50 bits per heavy atom. The molecule has 2 N–H and O–H groups in total. The van der Waals surface area contributed by atoms with Crippen molar-refractivity contribution < 1.29 is 0 Å². The van der Waals surface area contributed by atoms with Crippen molar-refractivity contribution in [2.24, 2.45) is 5.73 Å². The minimum absolute atomic E-state index is 0.317. The molecule has 1 atom stereocenters. The molecule has 1 unspecified atom stereocenters. The number of rotatable bonds is 6. The highest BCUT2D eigenvalue weighted by Crippen LogP contribution is 2.00. The van der Waals surface area contributed by atoms with Crippen LogP contribution in [0.5, 0.6) is 0 Å². The third-order valence-electron chi connectivity index (χ3n) is 2.28. The minimum Gasteiger partial charge on any atom is -0.327 e. The molecule has 0 radical (unpaired) electrons. The fourth-order valence-electron chi connectivity index (χ4n) is 0.949. The summed E-state index contributed by atoms with van der Waals surface area (Å²) in [6, 6.07) is 0.317. The molecular formula is C13H23N. The van der Waals surface area contributed by atoms with Gasteiger partial charge in [-0.3, -0.25) is 0 Å². The Morgan fingerprint density at radius 1 is 1.29 bits per heavy atom. The first-order valence-electron chi connectivity index (χ1n) is 5.39. The zero-order chi connectivity index (χ0) is 10.8. The Kier molecular flexibility index (Phi) is 8.25. The monoisotopic (exact) mass is 193 g/mol. The molecule has 0 spiro atoms. The zero-order valence-electron chi connectivity index (χ0n) is 9.66. The Hall–Kier alpha value is -0.820. The van der Waals surface area contributed by atoms with Crippen molar-refractivity contribution in [3.63, 3.8) is 0 Å². The topological polar surface area (TPSA) is 26.0 Å². The van der Waals surface area contributed by atoms with Gasteiger partial charge in [-0.05, 0) is 33.1 Å². The van der Waals surface area contributed by atoms with E-state index in [1.807, 2.05) is 0 Å². The molecule has 0 saturated heterocycles. The van der Waals surface area contributed by atoms with E-state index in [1.54, 1.807) is 0 Å². The van der Waals surface area contributed by atoms with E-state index in [-0.39, 0.29) is 0 Å². The molecule has 0 aromatic heterocycles. The van der Waals surface area contributed by atoms with Gasteiger partial charge in [-0.15, -0.1) is 0 Å². The third kappa shape index (κ3) is 7.81. The van der Waals surface area contributed by atoms with Gasteiger partial charge in [0.2, 0.25) is 0 Å². The highest BCUT2D eigenvalue weighted by molar-refractivity contribution is 5.09. The van der Waals surface area contributed by atoms with Crippen LogP contribution in [0.2, 0.25) is 0 Å². The van der Waals surface area contributed by atoms with Crippen molar-refractivity contribution in [2.45, 2.75) is 46.1 Å². The van der Waals surface area contributed by atoms with Crippen LogP contribution in [-0.4, -0.2) is 6.04 Å². The molecule has 0 fully saturated rings. The van der Waals surface area contributed by atoms with Crippen molar-refractivity contribution in [3.8, 4) is 0 Å². The summed E-state index contributed by atoms with van der Waals surface area (Å²) in [5.74, 6) is 0. The van der Waals surface area contributed by atoms with Gasteiger partial charge >= 0.3 is 0 Å². The van der Waals surface area contributed by atoms with Gasteiger partial charge in [0.05, 0.1) is 0 Å². The highest BCUT2D eigenvalue weighted by Gasteiger charge is 1.92. The lowest BCUT2D eigenvalue weighted by atomic mass is 10.1. The van der Waals surface area contributed by atoms with Crippen molar-refractivity contribution in [1.82, 2.24) is 0 Å². The van der Waals surface area contributed by atoms with E-state index in [9.17, 15) is 0 Å². The second-order valence-electron chi connectivity index (χ2n) is 3.60. The molecule has 0 saturated carbocycles. The van der Waals surface area contributed by atoms with Crippen LogP contribution in [0.3, 0.4) is 0 Å². The number of hydrogen-bond donors (Lipinski definition) is 1. The van der Waals surface area contributed by atoms with E-state index in [1.165, 1.54) is 5.57 Å². The van der Waals surface area contributed by atoms with E-state index in [2.05, 4.69) is 51.2 Å². The van der Waals surface area contributed by atoms with Crippen molar-refractivity contribution in [2.75, 3.05) is 0 Å². The third-order valence-corrected chi connectivity index (χ3v) is 2.28. The molecule has 0 amide bonds. The molecule has 0 aromatic carbocycles. The molecule has 80 valence electrons. The maximum Gasteiger partial charge on any atom is 0.00708 e. The molecule has 0 aliphatic rings. The van der Waals surface area contributed by atoms with Crippen LogP contribution in [0, 0.1) is 0 Å². The first-order valence-corrected chi connectivity index (χ1v) is 5.39. The lowest BCUT2D eigenvalue weighted by molar-refractivity contribution is 0.659. The van der Waals surface area contributed by atoms with Crippen LogP contribution < -0.4 is 5.73 Å². The lowest BCUT2D eigenvalue weighted by Gasteiger charge is -2.01. The quantitative estimate of drug-likeness (QED) is 0.506. The predicted octanol–water partition coefficient (Wildman–Crippen LogP) is 3.58. The maximum absolute atomic E-state index is 5.77. The summed E-state index contributed by atoms with van der Waals surface area (Å²) >= 11 is 0. The average Bonchev–Trinajstić information content (AvgIpc) is 2.22. The van der Waals surface area contributed by atoms with Gasteiger partial charge in [0.15, 0.2) is 0 Å². The zero-order valence-corrected chi connectivity index (χ0v) is 9.66. The number of allylic oxidation sites excluding steroid dienone is 5. The van der Waals surface area contributed by atoms with Crippen LogP contribution in [0.15, 0.2) is 36.0 Å². The molecule has 0 bridgehead atoms. The smallest absolute Gasteiger partial charge is 0.00708 e. The average molecular weight is 193 g/mol. The van der Waals surface area contributed by atoms with Crippen LogP contribution >= 0.6 is 0 Å². The highest BCUT2D eigenvalue weighted by atomic mass is 14.6. The van der Waals surface area contributed by atoms with Crippen molar-refractivity contribution in [1.29, 1.82) is 0 Å². The Labute approximate surface area is 88.4 Å². The van der Waals surface area contributed by atoms with Gasteiger partial charge in [0.25, 0.3) is 0 Å².